The Morgan fingerprint density at radius 1 is 1.20 bits per heavy atom. The smallest absolute Gasteiger partial charge is 0.0291 e. The van der Waals surface area contributed by atoms with Crippen LogP contribution < -0.4 is 5.32 Å². The molecule has 108 valence electrons. The van der Waals surface area contributed by atoms with Gasteiger partial charge in [-0.25, -0.2) is 0 Å². The largest absolute Gasteiger partial charge is 0.310 e. The van der Waals surface area contributed by atoms with Crippen LogP contribution in [0, 0.1) is 0 Å². The van der Waals surface area contributed by atoms with Crippen LogP contribution in [0.25, 0.3) is 0 Å². The summed E-state index contributed by atoms with van der Waals surface area (Å²) >= 11 is 3.72. The van der Waals surface area contributed by atoms with E-state index < -0.39 is 0 Å². The molecule has 1 aromatic heterocycles. The van der Waals surface area contributed by atoms with Crippen molar-refractivity contribution < 1.29 is 0 Å². The second-order valence-corrected chi connectivity index (χ2v) is 6.92. The minimum absolute atomic E-state index is 0.444. The molecule has 0 saturated heterocycles. The predicted molar refractivity (Wildman–Crippen MR) is 91.9 cm³/mol. The number of aryl methyl sites for hydroxylation is 1. The zero-order valence-electron chi connectivity index (χ0n) is 12.3. The molecule has 0 spiro atoms. The molecule has 20 heavy (non-hydrogen) atoms. The van der Waals surface area contributed by atoms with E-state index >= 15 is 0 Å². The number of rotatable bonds is 8. The van der Waals surface area contributed by atoms with Gasteiger partial charge in [-0.15, -0.1) is 11.8 Å². The molecule has 1 nitrogen and oxygen atoms in total. The molecule has 0 radical (unpaired) electrons. The highest BCUT2D eigenvalue weighted by Crippen LogP contribution is 2.22. The minimum atomic E-state index is 0.444. The van der Waals surface area contributed by atoms with Gasteiger partial charge in [0.1, 0.15) is 0 Å². The van der Waals surface area contributed by atoms with E-state index in [0.29, 0.717) is 6.04 Å². The summed E-state index contributed by atoms with van der Waals surface area (Å²) in [6.07, 6.45) is 2.34. The fourth-order valence-electron chi connectivity index (χ4n) is 2.05. The van der Waals surface area contributed by atoms with E-state index in [1.54, 1.807) is 11.3 Å². The number of thiophene rings is 1. The first-order valence-corrected chi connectivity index (χ1v) is 9.19. The lowest BCUT2D eigenvalue weighted by Gasteiger charge is -2.14. The molecular weight excluding hydrogens is 282 g/mol. The van der Waals surface area contributed by atoms with Gasteiger partial charge in [-0.3, -0.25) is 0 Å². The van der Waals surface area contributed by atoms with Crippen molar-refractivity contribution in [2.45, 2.75) is 37.6 Å². The Labute approximate surface area is 130 Å². The number of hydrogen-bond donors (Lipinski definition) is 1. The highest BCUT2D eigenvalue weighted by atomic mass is 32.2. The molecule has 1 unspecified atom stereocenters. The fourth-order valence-corrected chi connectivity index (χ4v) is 3.66. The average molecular weight is 306 g/mol. The summed E-state index contributed by atoms with van der Waals surface area (Å²) < 4.78 is 0. The summed E-state index contributed by atoms with van der Waals surface area (Å²) in [5, 5.41) is 7.92. The van der Waals surface area contributed by atoms with Crippen molar-refractivity contribution in [3.63, 3.8) is 0 Å². The molecule has 0 aliphatic heterocycles. The van der Waals surface area contributed by atoms with E-state index in [9.17, 15) is 0 Å². The minimum Gasteiger partial charge on any atom is -0.310 e. The Bertz CT molecular complexity index is 476. The maximum atomic E-state index is 3.52. The van der Waals surface area contributed by atoms with Crippen LogP contribution >= 0.6 is 23.1 Å². The second kappa shape index (κ2) is 8.50. The highest BCUT2D eigenvalue weighted by Gasteiger charge is 2.04. The van der Waals surface area contributed by atoms with Crippen molar-refractivity contribution in [1.82, 2.24) is 5.32 Å². The van der Waals surface area contributed by atoms with E-state index in [1.165, 1.54) is 22.4 Å². The van der Waals surface area contributed by atoms with Crippen molar-refractivity contribution in [2.24, 2.45) is 0 Å². The van der Waals surface area contributed by atoms with Gasteiger partial charge < -0.3 is 5.32 Å². The third kappa shape index (κ3) is 4.97. The maximum absolute atomic E-state index is 3.52. The Balaban J connectivity index is 1.79. The van der Waals surface area contributed by atoms with Crippen LogP contribution in [0.3, 0.4) is 0 Å². The van der Waals surface area contributed by atoms with Gasteiger partial charge in [0.25, 0.3) is 0 Å². The number of hydrogen-bond acceptors (Lipinski definition) is 3. The van der Waals surface area contributed by atoms with Crippen LogP contribution in [0.2, 0.25) is 0 Å². The standard InChI is InChI=1S/C17H23NS2/c1-3-10-18-14(2)16-4-6-17(7-5-16)20-12-9-15-8-11-19-13-15/h4-8,11,13-14,18H,3,9-10,12H2,1-2H3. The van der Waals surface area contributed by atoms with Crippen molar-refractivity contribution in [1.29, 1.82) is 0 Å². The maximum Gasteiger partial charge on any atom is 0.0291 e. The van der Waals surface area contributed by atoms with Crippen molar-refractivity contribution in [3.8, 4) is 0 Å². The predicted octanol–water partition coefficient (Wildman–Crippen LogP) is 5.14. The summed E-state index contributed by atoms with van der Waals surface area (Å²) in [6.45, 7) is 5.51. The number of thioether (sulfide) groups is 1. The van der Waals surface area contributed by atoms with Crippen LogP contribution in [0.15, 0.2) is 46.0 Å². The van der Waals surface area contributed by atoms with Crippen LogP contribution in [0.4, 0.5) is 0 Å². The first-order valence-electron chi connectivity index (χ1n) is 7.27. The van der Waals surface area contributed by atoms with Gasteiger partial charge in [-0.1, -0.05) is 19.1 Å². The molecular formula is C17H23NS2. The Hall–Kier alpha value is -0.770. The number of benzene rings is 1. The highest BCUT2D eigenvalue weighted by molar-refractivity contribution is 7.99. The molecule has 2 rings (SSSR count). The molecule has 3 heteroatoms. The lowest BCUT2D eigenvalue weighted by molar-refractivity contribution is 0.570. The zero-order valence-corrected chi connectivity index (χ0v) is 13.9. The first-order chi connectivity index (χ1) is 9.79. The van der Waals surface area contributed by atoms with Gasteiger partial charge in [0.2, 0.25) is 0 Å². The van der Waals surface area contributed by atoms with E-state index in [1.807, 2.05) is 11.8 Å². The summed E-state index contributed by atoms with van der Waals surface area (Å²) in [5.41, 5.74) is 2.83. The van der Waals surface area contributed by atoms with Crippen molar-refractivity contribution in [2.75, 3.05) is 12.3 Å². The summed E-state index contributed by atoms with van der Waals surface area (Å²) in [7, 11) is 0. The molecule has 0 saturated carbocycles. The van der Waals surface area contributed by atoms with E-state index in [-0.39, 0.29) is 0 Å². The summed E-state index contributed by atoms with van der Waals surface area (Å²) in [4.78, 5) is 1.37. The van der Waals surface area contributed by atoms with Gasteiger partial charge in [-0.2, -0.15) is 11.3 Å². The van der Waals surface area contributed by atoms with E-state index in [2.05, 4.69) is 60.3 Å². The Morgan fingerprint density at radius 2 is 2.00 bits per heavy atom. The molecule has 0 aliphatic carbocycles. The van der Waals surface area contributed by atoms with Crippen LogP contribution in [-0.2, 0) is 6.42 Å². The van der Waals surface area contributed by atoms with Gasteiger partial charge in [0.05, 0.1) is 0 Å². The molecule has 1 N–H and O–H groups in total. The Kier molecular flexibility index (Phi) is 6.64. The Morgan fingerprint density at radius 3 is 2.65 bits per heavy atom. The van der Waals surface area contributed by atoms with Crippen LogP contribution in [0.5, 0.6) is 0 Å². The number of nitrogens with one attached hydrogen (secondary N) is 1. The van der Waals surface area contributed by atoms with Gasteiger partial charge in [0.15, 0.2) is 0 Å². The average Bonchev–Trinajstić information content (AvgIpc) is 2.99. The van der Waals surface area contributed by atoms with Crippen molar-refractivity contribution >= 4 is 23.1 Å². The van der Waals surface area contributed by atoms with E-state index in [0.717, 1.165) is 18.7 Å². The lowest BCUT2D eigenvalue weighted by Crippen LogP contribution is -2.19. The lowest BCUT2D eigenvalue weighted by atomic mass is 10.1. The topological polar surface area (TPSA) is 12.0 Å². The van der Waals surface area contributed by atoms with Gasteiger partial charge >= 0.3 is 0 Å². The van der Waals surface area contributed by atoms with Gasteiger partial charge in [0, 0.05) is 16.7 Å². The molecule has 2 aromatic rings. The van der Waals surface area contributed by atoms with Crippen molar-refractivity contribution in [3.05, 3.63) is 52.2 Å². The fraction of sp³-hybridized carbons (Fsp3) is 0.412. The normalized spacial score (nSPS) is 12.5. The molecule has 0 fully saturated rings. The summed E-state index contributed by atoms with van der Waals surface area (Å²) in [5.74, 6) is 1.15. The first kappa shape index (κ1) is 15.6. The van der Waals surface area contributed by atoms with E-state index in [4.69, 9.17) is 0 Å². The third-order valence-corrected chi connectivity index (χ3v) is 5.07. The van der Waals surface area contributed by atoms with Gasteiger partial charge in [-0.05, 0) is 66.4 Å². The molecule has 0 amide bonds. The zero-order chi connectivity index (χ0) is 14.2. The van der Waals surface area contributed by atoms with Crippen LogP contribution in [-0.4, -0.2) is 12.3 Å². The second-order valence-electron chi connectivity index (χ2n) is 4.97. The molecule has 0 bridgehead atoms. The monoisotopic (exact) mass is 305 g/mol. The molecule has 1 aromatic carbocycles. The quantitative estimate of drug-likeness (QED) is 0.677. The third-order valence-electron chi connectivity index (χ3n) is 3.32. The molecule has 0 aliphatic rings. The SMILES string of the molecule is CCCNC(C)c1ccc(SCCc2ccsc2)cc1. The molecule has 1 heterocycles. The van der Waals surface area contributed by atoms with Crippen LogP contribution in [0.1, 0.15) is 37.4 Å². The molecule has 1 atom stereocenters. The summed E-state index contributed by atoms with van der Waals surface area (Å²) in [6, 6.07) is 11.7.